The molecule has 1 unspecified atom stereocenters. The van der Waals surface area contributed by atoms with E-state index in [1.807, 2.05) is 0 Å². The molecule has 1 atom stereocenters. The van der Waals surface area contributed by atoms with Gasteiger partial charge >= 0.3 is 0 Å². The standard InChI is InChI=1S/C12H9ClF2N2/c13-10-3-1-7(14)5-9(10)12(16)11-4-2-8(15)6-17-11/h1-6,12H,16H2. The zero-order valence-corrected chi connectivity index (χ0v) is 9.46. The van der Waals surface area contributed by atoms with Gasteiger partial charge in [-0.2, -0.15) is 0 Å². The molecule has 0 aliphatic carbocycles. The summed E-state index contributed by atoms with van der Waals surface area (Å²) in [7, 11) is 0. The Kier molecular flexibility index (Phi) is 3.36. The number of aromatic nitrogens is 1. The van der Waals surface area contributed by atoms with Crippen LogP contribution < -0.4 is 5.73 Å². The van der Waals surface area contributed by atoms with Crippen molar-refractivity contribution in [2.45, 2.75) is 6.04 Å². The third-order valence-electron chi connectivity index (χ3n) is 2.36. The first-order valence-electron chi connectivity index (χ1n) is 4.90. The van der Waals surface area contributed by atoms with Gasteiger partial charge in [-0.1, -0.05) is 11.6 Å². The van der Waals surface area contributed by atoms with Crippen LogP contribution in [-0.2, 0) is 0 Å². The highest BCUT2D eigenvalue weighted by Gasteiger charge is 2.14. The Morgan fingerprint density at radius 1 is 1.12 bits per heavy atom. The van der Waals surface area contributed by atoms with E-state index >= 15 is 0 Å². The van der Waals surface area contributed by atoms with Crippen molar-refractivity contribution in [1.82, 2.24) is 4.98 Å². The quantitative estimate of drug-likeness (QED) is 0.895. The highest BCUT2D eigenvalue weighted by Crippen LogP contribution is 2.26. The van der Waals surface area contributed by atoms with Crippen LogP contribution in [0.2, 0.25) is 5.02 Å². The van der Waals surface area contributed by atoms with Crippen molar-refractivity contribution in [1.29, 1.82) is 0 Å². The number of pyridine rings is 1. The lowest BCUT2D eigenvalue weighted by Crippen LogP contribution is -2.14. The zero-order chi connectivity index (χ0) is 12.4. The number of hydrogen-bond acceptors (Lipinski definition) is 2. The number of nitrogens with zero attached hydrogens (tertiary/aromatic N) is 1. The second kappa shape index (κ2) is 4.77. The molecule has 0 aliphatic rings. The Morgan fingerprint density at radius 2 is 1.82 bits per heavy atom. The van der Waals surface area contributed by atoms with E-state index in [4.69, 9.17) is 17.3 Å². The minimum atomic E-state index is -0.682. The molecule has 0 spiro atoms. The van der Waals surface area contributed by atoms with Crippen molar-refractivity contribution in [2.75, 3.05) is 0 Å². The van der Waals surface area contributed by atoms with Gasteiger partial charge < -0.3 is 5.73 Å². The second-order valence-electron chi connectivity index (χ2n) is 3.54. The summed E-state index contributed by atoms with van der Waals surface area (Å²) in [5, 5.41) is 0.352. The molecular weight excluding hydrogens is 246 g/mol. The van der Waals surface area contributed by atoms with Crippen molar-refractivity contribution in [3.63, 3.8) is 0 Å². The van der Waals surface area contributed by atoms with Gasteiger partial charge in [0, 0.05) is 5.02 Å². The summed E-state index contributed by atoms with van der Waals surface area (Å²) in [6.07, 6.45) is 1.06. The molecule has 1 aromatic carbocycles. The summed E-state index contributed by atoms with van der Waals surface area (Å²) in [4.78, 5) is 3.84. The van der Waals surface area contributed by atoms with Crippen molar-refractivity contribution >= 4 is 11.6 Å². The predicted octanol–water partition coefficient (Wildman–Crippen LogP) is 3.06. The minimum Gasteiger partial charge on any atom is -0.319 e. The predicted molar refractivity (Wildman–Crippen MR) is 61.6 cm³/mol. The molecule has 17 heavy (non-hydrogen) atoms. The monoisotopic (exact) mass is 254 g/mol. The summed E-state index contributed by atoms with van der Waals surface area (Å²) in [5.41, 5.74) is 6.75. The number of benzene rings is 1. The lowest BCUT2D eigenvalue weighted by Gasteiger charge is -2.13. The van der Waals surface area contributed by atoms with Crippen LogP contribution in [0.25, 0.3) is 0 Å². The van der Waals surface area contributed by atoms with E-state index in [1.165, 1.54) is 30.3 Å². The van der Waals surface area contributed by atoms with Crippen LogP contribution >= 0.6 is 11.6 Å². The summed E-state index contributed by atoms with van der Waals surface area (Å²) in [5.74, 6) is -0.881. The lowest BCUT2D eigenvalue weighted by molar-refractivity contribution is 0.614. The van der Waals surface area contributed by atoms with Crippen LogP contribution in [-0.4, -0.2) is 4.98 Å². The van der Waals surface area contributed by atoms with E-state index in [0.29, 0.717) is 16.3 Å². The van der Waals surface area contributed by atoms with Gasteiger partial charge in [0.15, 0.2) is 0 Å². The average molecular weight is 255 g/mol. The molecule has 0 radical (unpaired) electrons. The highest BCUT2D eigenvalue weighted by molar-refractivity contribution is 6.31. The Balaban J connectivity index is 2.39. The third-order valence-corrected chi connectivity index (χ3v) is 2.71. The first kappa shape index (κ1) is 12.0. The van der Waals surface area contributed by atoms with E-state index in [-0.39, 0.29) is 0 Å². The molecule has 0 fully saturated rings. The van der Waals surface area contributed by atoms with Crippen molar-refractivity contribution in [3.05, 3.63) is 64.4 Å². The number of halogens is 3. The molecule has 5 heteroatoms. The van der Waals surface area contributed by atoms with Crippen LogP contribution in [0.15, 0.2) is 36.5 Å². The van der Waals surface area contributed by atoms with Gasteiger partial charge in [0.1, 0.15) is 11.6 Å². The van der Waals surface area contributed by atoms with E-state index in [2.05, 4.69) is 4.98 Å². The maximum Gasteiger partial charge on any atom is 0.141 e. The topological polar surface area (TPSA) is 38.9 Å². The maximum atomic E-state index is 13.1. The zero-order valence-electron chi connectivity index (χ0n) is 8.70. The van der Waals surface area contributed by atoms with E-state index < -0.39 is 17.7 Å². The number of hydrogen-bond donors (Lipinski definition) is 1. The Labute approximate surface area is 102 Å². The molecule has 0 bridgehead atoms. The van der Waals surface area contributed by atoms with Crippen LogP contribution in [0.4, 0.5) is 8.78 Å². The van der Waals surface area contributed by atoms with Gasteiger partial charge in [-0.3, -0.25) is 4.98 Å². The average Bonchev–Trinajstić information content (AvgIpc) is 2.32. The molecule has 2 nitrogen and oxygen atoms in total. The van der Waals surface area contributed by atoms with E-state index in [9.17, 15) is 8.78 Å². The fourth-order valence-electron chi connectivity index (χ4n) is 1.48. The van der Waals surface area contributed by atoms with Crippen molar-refractivity contribution in [2.24, 2.45) is 5.73 Å². The summed E-state index contributed by atoms with van der Waals surface area (Å²) in [6.45, 7) is 0. The number of rotatable bonds is 2. The summed E-state index contributed by atoms with van der Waals surface area (Å²) < 4.78 is 25.8. The second-order valence-corrected chi connectivity index (χ2v) is 3.95. The van der Waals surface area contributed by atoms with Gasteiger partial charge in [-0.15, -0.1) is 0 Å². The van der Waals surface area contributed by atoms with Crippen LogP contribution in [0.3, 0.4) is 0 Å². The molecule has 2 aromatic rings. The van der Waals surface area contributed by atoms with Crippen LogP contribution in [0.5, 0.6) is 0 Å². The largest absolute Gasteiger partial charge is 0.319 e. The highest BCUT2D eigenvalue weighted by atomic mass is 35.5. The van der Waals surface area contributed by atoms with Crippen molar-refractivity contribution < 1.29 is 8.78 Å². The molecule has 0 saturated carbocycles. The van der Waals surface area contributed by atoms with Gasteiger partial charge in [-0.25, -0.2) is 8.78 Å². The smallest absolute Gasteiger partial charge is 0.141 e. The van der Waals surface area contributed by atoms with E-state index in [1.54, 1.807) is 0 Å². The Hall–Kier alpha value is -1.52. The normalized spacial score (nSPS) is 12.5. The van der Waals surface area contributed by atoms with Gasteiger partial charge in [0.25, 0.3) is 0 Å². The van der Waals surface area contributed by atoms with Crippen molar-refractivity contribution in [3.8, 4) is 0 Å². The van der Waals surface area contributed by atoms with Gasteiger partial charge in [0.2, 0.25) is 0 Å². The Morgan fingerprint density at radius 3 is 2.47 bits per heavy atom. The molecule has 0 saturated heterocycles. The molecule has 2 rings (SSSR count). The molecule has 0 amide bonds. The summed E-state index contributed by atoms with van der Waals surface area (Å²) in [6, 6.07) is 5.93. The molecular formula is C12H9ClF2N2. The molecule has 1 aromatic heterocycles. The SMILES string of the molecule is NC(c1ccc(F)cn1)c1cc(F)ccc1Cl. The van der Waals surface area contributed by atoms with E-state index in [0.717, 1.165) is 6.20 Å². The minimum absolute atomic E-state index is 0.352. The third kappa shape index (κ3) is 2.60. The van der Waals surface area contributed by atoms with Gasteiger partial charge in [0.05, 0.1) is 17.9 Å². The summed E-state index contributed by atoms with van der Waals surface area (Å²) >= 11 is 5.92. The molecule has 0 aliphatic heterocycles. The van der Waals surface area contributed by atoms with Crippen LogP contribution in [0.1, 0.15) is 17.3 Å². The fourth-order valence-corrected chi connectivity index (χ4v) is 1.72. The first-order valence-corrected chi connectivity index (χ1v) is 5.27. The molecule has 88 valence electrons. The first-order chi connectivity index (χ1) is 8.08. The fraction of sp³-hybridized carbons (Fsp3) is 0.0833. The lowest BCUT2D eigenvalue weighted by atomic mass is 10.0. The maximum absolute atomic E-state index is 13.1. The molecule has 2 N–H and O–H groups in total. The Bertz CT molecular complexity index is 529. The van der Waals surface area contributed by atoms with Crippen LogP contribution in [0, 0.1) is 11.6 Å². The molecule has 1 heterocycles. The van der Waals surface area contributed by atoms with Gasteiger partial charge in [-0.05, 0) is 35.9 Å². The number of nitrogens with two attached hydrogens (primary N) is 1.